The lowest BCUT2D eigenvalue weighted by atomic mass is 10.2. The highest BCUT2D eigenvalue weighted by Crippen LogP contribution is 2.33. The van der Waals surface area contributed by atoms with Gasteiger partial charge in [-0.15, -0.1) is 0 Å². The predicted molar refractivity (Wildman–Crippen MR) is 127 cm³/mol. The molecule has 1 aromatic rings. The summed E-state index contributed by atoms with van der Waals surface area (Å²) in [6, 6.07) is 7.49. The van der Waals surface area contributed by atoms with Crippen LogP contribution in [0, 0.1) is 0 Å². The Labute approximate surface area is 197 Å². The molecule has 0 radical (unpaired) electrons. The molecule has 32 heavy (non-hydrogen) atoms. The number of carbonyl (C=O) groups is 3. The maximum absolute atomic E-state index is 12.8. The van der Waals surface area contributed by atoms with Crippen LogP contribution in [0.15, 0.2) is 29.2 Å². The van der Waals surface area contributed by atoms with Gasteiger partial charge in [-0.25, -0.2) is 4.79 Å². The van der Waals surface area contributed by atoms with Crippen LogP contribution in [0.25, 0.3) is 6.08 Å². The third kappa shape index (κ3) is 6.01. The second-order valence-corrected chi connectivity index (χ2v) is 8.83. The van der Waals surface area contributed by atoms with E-state index in [2.05, 4.69) is 0 Å². The summed E-state index contributed by atoms with van der Waals surface area (Å²) in [6.45, 7) is 6.63. The van der Waals surface area contributed by atoms with Gasteiger partial charge in [0.2, 0.25) is 5.91 Å². The van der Waals surface area contributed by atoms with Gasteiger partial charge in [0, 0.05) is 39.1 Å². The van der Waals surface area contributed by atoms with Gasteiger partial charge in [0.25, 0.3) is 5.91 Å². The maximum atomic E-state index is 12.8. The van der Waals surface area contributed by atoms with E-state index >= 15 is 0 Å². The fourth-order valence-corrected chi connectivity index (χ4v) is 4.70. The fraction of sp³-hybridized carbons (Fsp3) is 0.455. The molecule has 0 saturated carbocycles. The van der Waals surface area contributed by atoms with Crippen molar-refractivity contribution in [2.75, 3.05) is 45.9 Å². The van der Waals surface area contributed by atoms with Gasteiger partial charge in [0.1, 0.15) is 10.1 Å². The molecule has 10 heteroatoms. The van der Waals surface area contributed by atoms with Crippen LogP contribution in [0.1, 0.15) is 25.8 Å². The van der Waals surface area contributed by atoms with Crippen LogP contribution in [0.4, 0.5) is 4.79 Å². The summed E-state index contributed by atoms with van der Waals surface area (Å²) in [5, 5.41) is 0. The Kier molecular flexibility index (Phi) is 8.52. The molecule has 2 aliphatic heterocycles. The summed E-state index contributed by atoms with van der Waals surface area (Å²) >= 11 is 6.61. The molecule has 0 aromatic heterocycles. The Hall–Kier alpha value is -2.59. The molecular weight excluding hydrogens is 450 g/mol. The first kappa shape index (κ1) is 24.1. The number of nitrogens with zero attached hydrogens (tertiary/aromatic N) is 3. The Morgan fingerprint density at radius 2 is 1.72 bits per heavy atom. The average molecular weight is 478 g/mol. The van der Waals surface area contributed by atoms with Gasteiger partial charge in [-0.1, -0.05) is 36.1 Å². The largest absolute Gasteiger partial charge is 0.494 e. The molecule has 2 aliphatic rings. The number of hydrogen-bond acceptors (Lipinski definition) is 7. The molecule has 0 N–H and O–H groups in total. The fourth-order valence-electron chi connectivity index (χ4n) is 3.39. The first-order chi connectivity index (χ1) is 15.4. The highest BCUT2D eigenvalue weighted by molar-refractivity contribution is 8.26. The minimum Gasteiger partial charge on any atom is -0.494 e. The molecule has 3 amide bonds. The van der Waals surface area contributed by atoms with Gasteiger partial charge in [-0.3, -0.25) is 14.5 Å². The standard InChI is InChI=1S/C22H27N3O5S2/c1-3-29-17-7-5-16(6-8-17)15-18-20(27)25(22(31)32-18)10-9-19(26)23-11-13-24(14-12-23)21(28)30-4-2/h5-8,15H,3-4,9-14H2,1-2H3/b18-15+. The number of thiocarbonyl (C=S) groups is 1. The van der Waals surface area contributed by atoms with Crippen molar-refractivity contribution < 1.29 is 23.9 Å². The molecule has 0 spiro atoms. The lowest BCUT2D eigenvalue weighted by molar-refractivity contribution is -0.133. The van der Waals surface area contributed by atoms with Crippen LogP contribution in [-0.2, 0) is 14.3 Å². The zero-order valence-electron chi connectivity index (χ0n) is 18.2. The van der Waals surface area contributed by atoms with E-state index in [0.29, 0.717) is 48.6 Å². The molecule has 8 nitrogen and oxygen atoms in total. The maximum Gasteiger partial charge on any atom is 0.409 e. The minimum atomic E-state index is -0.350. The molecule has 172 valence electrons. The van der Waals surface area contributed by atoms with E-state index in [-0.39, 0.29) is 30.9 Å². The second kappa shape index (κ2) is 11.3. The second-order valence-electron chi connectivity index (χ2n) is 7.15. The van der Waals surface area contributed by atoms with Crippen LogP contribution in [-0.4, -0.2) is 82.9 Å². The zero-order chi connectivity index (χ0) is 23.1. The van der Waals surface area contributed by atoms with Crippen molar-refractivity contribution in [3.63, 3.8) is 0 Å². The Morgan fingerprint density at radius 3 is 2.34 bits per heavy atom. The van der Waals surface area contributed by atoms with E-state index in [1.807, 2.05) is 31.2 Å². The van der Waals surface area contributed by atoms with Crippen molar-refractivity contribution in [3.05, 3.63) is 34.7 Å². The van der Waals surface area contributed by atoms with Crippen molar-refractivity contribution >= 4 is 52.3 Å². The molecule has 3 rings (SSSR count). The van der Waals surface area contributed by atoms with E-state index < -0.39 is 0 Å². The normalized spacial score (nSPS) is 17.8. The predicted octanol–water partition coefficient (Wildman–Crippen LogP) is 2.98. The van der Waals surface area contributed by atoms with Crippen LogP contribution in [0.5, 0.6) is 5.75 Å². The molecule has 2 saturated heterocycles. The van der Waals surface area contributed by atoms with Gasteiger partial charge in [0.05, 0.1) is 18.1 Å². The van der Waals surface area contributed by atoms with E-state index in [1.165, 1.54) is 16.7 Å². The molecular formula is C22H27N3O5S2. The quantitative estimate of drug-likeness (QED) is 0.441. The number of rotatable bonds is 7. The zero-order valence-corrected chi connectivity index (χ0v) is 19.9. The van der Waals surface area contributed by atoms with Gasteiger partial charge in [-0.2, -0.15) is 0 Å². The van der Waals surface area contributed by atoms with Crippen molar-refractivity contribution in [1.82, 2.24) is 14.7 Å². The lowest BCUT2D eigenvalue weighted by Crippen LogP contribution is -2.51. The number of amides is 3. The number of thioether (sulfide) groups is 1. The van der Waals surface area contributed by atoms with Gasteiger partial charge >= 0.3 is 6.09 Å². The SMILES string of the molecule is CCOC(=O)N1CCN(C(=O)CCN2C(=O)/C(=C\c3ccc(OCC)cc3)SC2=S)CC1. The van der Waals surface area contributed by atoms with Gasteiger partial charge < -0.3 is 19.3 Å². The van der Waals surface area contributed by atoms with E-state index in [9.17, 15) is 14.4 Å². The number of benzene rings is 1. The van der Waals surface area contributed by atoms with Gasteiger partial charge in [0.15, 0.2) is 0 Å². The van der Waals surface area contributed by atoms with E-state index in [0.717, 1.165) is 11.3 Å². The molecule has 2 heterocycles. The smallest absolute Gasteiger partial charge is 0.409 e. The number of carbonyl (C=O) groups excluding carboxylic acids is 3. The third-order valence-electron chi connectivity index (χ3n) is 5.07. The molecule has 0 aliphatic carbocycles. The van der Waals surface area contributed by atoms with Crippen LogP contribution >= 0.6 is 24.0 Å². The van der Waals surface area contributed by atoms with Crippen molar-refractivity contribution in [3.8, 4) is 5.75 Å². The summed E-state index contributed by atoms with van der Waals surface area (Å²) in [7, 11) is 0. The monoisotopic (exact) mass is 477 g/mol. The Balaban J connectivity index is 1.51. The molecule has 0 unspecified atom stereocenters. The van der Waals surface area contributed by atoms with Crippen molar-refractivity contribution in [1.29, 1.82) is 0 Å². The van der Waals surface area contributed by atoms with E-state index in [1.54, 1.807) is 22.8 Å². The summed E-state index contributed by atoms with van der Waals surface area (Å²) in [4.78, 5) is 42.5. The molecule has 2 fully saturated rings. The highest BCUT2D eigenvalue weighted by Gasteiger charge is 2.33. The van der Waals surface area contributed by atoms with Crippen LogP contribution in [0.2, 0.25) is 0 Å². The summed E-state index contributed by atoms with van der Waals surface area (Å²) in [6.07, 6.45) is 1.63. The highest BCUT2D eigenvalue weighted by atomic mass is 32.2. The molecule has 0 bridgehead atoms. The van der Waals surface area contributed by atoms with E-state index in [4.69, 9.17) is 21.7 Å². The lowest BCUT2D eigenvalue weighted by Gasteiger charge is -2.34. The number of ether oxygens (including phenoxy) is 2. The summed E-state index contributed by atoms with van der Waals surface area (Å²) in [5.74, 6) is 0.533. The van der Waals surface area contributed by atoms with Gasteiger partial charge in [-0.05, 0) is 37.6 Å². The third-order valence-corrected chi connectivity index (χ3v) is 6.45. The van der Waals surface area contributed by atoms with Crippen LogP contribution < -0.4 is 4.74 Å². The minimum absolute atomic E-state index is 0.0574. The molecule has 0 atom stereocenters. The Bertz CT molecular complexity index is 895. The molecule has 1 aromatic carbocycles. The van der Waals surface area contributed by atoms with Crippen molar-refractivity contribution in [2.24, 2.45) is 0 Å². The first-order valence-electron chi connectivity index (χ1n) is 10.6. The topological polar surface area (TPSA) is 79.4 Å². The number of piperazine rings is 1. The number of hydrogen-bond donors (Lipinski definition) is 0. The summed E-state index contributed by atoms with van der Waals surface area (Å²) in [5.41, 5.74) is 0.879. The van der Waals surface area contributed by atoms with Crippen LogP contribution in [0.3, 0.4) is 0 Å². The average Bonchev–Trinajstić information content (AvgIpc) is 3.06. The summed E-state index contributed by atoms with van der Waals surface area (Å²) < 4.78 is 10.9. The Morgan fingerprint density at radius 1 is 1.06 bits per heavy atom. The first-order valence-corrected chi connectivity index (χ1v) is 11.8. The van der Waals surface area contributed by atoms with Crippen molar-refractivity contribution in [2.45, 2.75) is 20.3 Å².